The minimum absolute atomic E-state index is 0.108. The van der Waals surface area contributed by atoms with Gasteiger partial charge in [0.05, 0.1) is 26.4 Å². The van der Waals surface area contributed by atoms with Crippen LogP contribution in [-0.4, -0.2) is 96.7 Å². The number of ether oxygens (including phenoxy) is 4. The smallest absolute Gasteiger partial charge is 0.462 e. The van der Waals surface area contributed by atoms with E-state index in [0.717, 1.165) is 108 Å². The first-order valence-electron chi connectivity index (χ1n) is 48.4. The zero-order valence-corrected chi connectivity index (χ0v) is 76.7. The summed E-state index contributed by atoms with van der Waals surface area (Å²) in [6, 6.07) is 0. The van der Waals surface area contributed by atoms with Gasteiger partial charge in [0.1, 0.15) is 19.3 Å². The maximum absolute atomic E-state index is 13.2. The number of aliphatic hydroxyl groups is 1. The molecule has 0 aliphatic carbocycles. The maximum atomic E-state index is 13.2. The van der Waals surface area contributed by atoms with E-state index >= 15 is 0 Å². The van der Waals surface area contributed by atoms with Gasteiger partial charge in [-0.3, -0.25) is 37.3 Å². The summed E-state index contributed by atoms with van der Waals surface area (Å²) in [6.45, 7) is 12.1. The Bertz CT molecular complexity index is 2170. The Balaban J connectivity index is 5.23. The summed E-state index contributed by atoms with van der Waals surface area (Å²) in [5.41, 5.74) is 0. The van der Waals surface area contributed by atoms with Gasteiger partial charge in [-0.15, -0.1) is 0 Å². The van der Waals surface area contributed by atoms with E-state index in [2.05, 4.69) is 48.5 Å². The highest BCUT2D eigenvalue weighted by Crippen LogP contribution is 2.45. The van der Waals surface area contributed by atoms with Crippen LogP contribution in [0.15, 0.2) is 0 Å². The van der Waals surface area contributed by atoms with Crippen molar-refractivity contribution in [2.24, 2.45) is 17.8 Å². The Labute approximate surface area is 696 Å². The van der Waals surface area contributed by atoms with Gasteiger partial charge in [-0.2, -0.15) is 0 Å². The predicted molar refractivity (Wildman–Crippen MR) is 469 cm³/mol. The summed E-state index contributed by atoms with van der Waals surface area (Å²) in [6.07, 6.45) is 78.0. The van der Waals surface area contributed by atoms with Crippen LogP contribution in [-0.2, 0) is 65.4 Å². The molecule has 113 heavy (non-hydrogen) atoms. The molecular weight excluding hydrogens is 1460 g/mol. The van der Waals surface area contributed by atoms with Crippen molar-refractivity contribution in [3.63, 3.8) is 0 Å². The van der Waals surface area contributed by atoms with E-state index in [-0.39, 0.29) is 25.7 Å². The lowest BCUT2D eigenvalue weighted by atomic mass is 9.99. The van der Waals surface area contributed by atoms with Gasteiger partial charge in [0.2, 0.25) is 0 Å². The van der Waals surface area contributed by atoms with Crippen LogP contribution in [0.1, 0.15) is 504 Å². The van der Waals surface area contributed by atoms with Crippen molar-refractivity contribution in [3.05, 3.63) is 0 Å². The number of rotatable bonds is 92. The van der Waals surface area contributed by atoms with E-state index in [1.54, 1.807) is 0 Å². The largest absolute Gasteiger partial charge is 0.472 e. The molecule has 672 valence electrons. The zero-order valence-electron chi connectivity index (χ0n) is 74.9. The first kappa shape index (κ1) is 111. The molecular formula is C94H184O17P2. The molecule has 0 saturated heterocycles. The molecule has 17 nitrogen and oxygen atoms in total. The molecule has 0 aliphatic rings. The summed E-state index contributed by atoms with van der Waals surface area (Å²) >= 11 is 0. The van der Waals surface area contributed by atoms with E-state index in [1.165, 1.54) is 315 Å². The van der Waals surface area contributed by atoms with Crippen molar-refractivity contribution in [2.45, 2.75) is 523 Å². The molecule has 0 aromatic rings. The summed E-state index contributed by atoms with van der Waals surface area (Å²) in [4.78, 5) is 73.5. The minimum Gasteiger partial charge on any atom is -0.462 e. The van der Waals surface area contributed by atoms with Gasteiger partial charge in [-0.1, -0.05) is 453 Å². The number of carbonyl (C=O) groups is 4. The second kappa shape index (κ2) is 83.7. The molecule has 0 bridgehead atoms. The molecule has 0 aromatic carbocycles. The van der Waals surface area contributed by atoms with Gasteiger partial charge in [0.25, 0.3) is 0 Å². The lowest BCUT2D eigenvalue weighted by Crippen LogP contribution is -2.30. The fourth-order valence-corrected chi connectivity index (χ4v) is 16.3. The number of aliphatic hydroxyl groups excluding tert-OH is 1. The third-order valence-electron chi connectivity index (χ3n) is 22.5. The summed E-state index contributed by atoms with van der Waals surface area (Å²) in [7, 11) is -9.94. The van der Waals surface area contributed by atoms with Gasteiger partial charge in [0.15, 0.2) is 12.2 Å². The molecule has 0 rings (SSSR count). The van der Waals surface area contributed by atoms with Crippen LogP contribution in [0.2, 0.25) is 0 Å². The highest BCUT2D eigenvalue weighted by atomic mass is 31.2. The van der Waals surface area contributed by atoms with Gasteiger partial charge in [0, 0.05) is 25.7 Å². The lowest BCUT2D eigenvalue weighted by Gasteiger charge is -2.21. The third kappa shape index (κ3) is 86.3. The normalized spacial score (nSPS) is 14.0. The fourth-order valence-electron chi connectivity index (χ4n) is 14.8. The van der Waals surface area contributed by atoms with Gasteiger partial charge in [-0.25, -0.2) is 9.13 Å². The highest BCUT2D eigenvalue weighted by molar-refractivity contribution is 7.47. The van der Waals surface area contributed by atoms with Gasteiger partial charge < -0.3 is 33.8 Å². The van der Waals surface area contributed by atoms with Gasteiger partial charge >= 0.3 is 39.5 Å². The van der Waals surface area contributed by atoms with Crippen molar-refractivity contribution in [1.82, 2.24) is 0 Å². The molecule has 3 N–H and O–H groups in total. The molecule has 0 amide bonds. The summed E-state index contributed by atoms with van der Waals surface area (Å²) < 4.78 is 69.1. The SMILES string of the molecule is CCCCCCCCCCCCCCCCCCCCCCCC(=O)OC[C@H](COP(=O)(O)OC[C@@H](O)COP(=O)(O)OC[C@@H](COC(=O)CCCCCCCCCCC(C)C)OC(=O)CCCCCCCCCCCCCCCCCCC(C)C)OC(=O)CCCCCCCCCCCCCCCCCCCCC(C)CC. The van der Waals surface area contributed by atoms with Crippen LogP contribution < -0.4 is 0 Å². The van der Waals surface area contributed by atoms with E-state index in [9.17, 15) is 43.2 Å². The molecule has 0 saturated carbocycles. The van der Waals surface area contributed by atoms with Crippen molar-refractivity contribution >= 4 is 39.5 Å². The number of esters is 4. The topological polar surface area (TPSA) is 237 Å². The van der Waals surface area contributed by atoms with Crippen molar-refractivity contribution in [3.8, 4) is 0 Å². The van der Waals surface area contributed by atoms with Crippen molar-refractivity contribution in [1.29, 1.82) is 0 Å². The molecule has 0 fully saturated rings. The van der Waals surface area contributed by atoms with Gasteiger partial charge in [-0.05, 0) is 43.4 Å². The summed E-state index contributed by atoms with van der Waals surface area (Å²) in [5, 5.41) is 10.7. The number of unbranched alkanes of at least 4 members (excludes halogenated alkanes) is 59. The first-order valence-corrected chi connectivity index (χ1v) is 51.4. The van der Waals surface area contributed by atoms with E-state index in [0.29, 0.717) is 25.7 Å². The number of hydrogen-bond acceptors (Lipinski definition) is 15. The average Bonchev–Trinajstić information content (AvgIpc) is 0.730. The number of phosphoric ester groups is 2. The first-order chi connectivity index (χ1) is 54.8. The molecule has 3 unspecified atom stereocenters. The van der Waals surface area contributed by atoms with E-state index in [4.69, 9.17) is 37.0 Å². The quantitative estimate of drug-likeness (QED) is 0.0222. The van der Waals surface area contributed by atoms with Crippen molar-refractivity contribution in [2.75, 3.05) is 39.6 Å². The molecule has 0 spiro atoms. The molecule has 19 heteroatoms. The predicted octanol–water partition coefficient (Wildman–Crippen LogP) is 29.2. The Morgan fingerprint density at radius 2 is 0.451 bits per heavy atom. The van der Waals surface area contributed by atoms with E-state index in [1.807, 2.05) is 0 Å². The lowest BCUT2D eigenvalue weighted by molar-refractivity contribution is -0.161. The van der Waals surface area contributed by atoms with Crippen LogP contribution in [0, 0.1) is 17.8 Å². The number of phosphoric acid groups is 2. The molecule has 0 aliphatic heterocycles. The second-order valence-corrected chi connectivity index (χ2v) is 37.9. The zero-order chi connectivity index (χ0) is 82.9. The standard InChI is InChI=1S/C94H184O17P2/c1-8-10-11-12-13-14-15-16-17-18-19-20-21-25-31-36-41-46-54-61-68-75-91(96)104-81-89(110-93(98)77-70-63-56-47-42-37-32-26-23-22-24-30-35-40-45-53-60-67-74-87(7)9-2)83-108-112(100,101)106-79-88(95)80-107-113(102,103)109-84-90(82-105-92(97)76-69-62-55-50-49-52-59-66-73-86(5)6)111-94(99)78-71-64-57-48-43-38-33-28-27-29-34-39-44-51-58-65-72-85(3)4/h85-90,95H,8-84H2,1-7H3,(H,100,101)(H,102,103)/t87?,88-,89-,90-/m1/s1. The Morgan fingerprint density at radius 3 is 0.673 bits per heavy atom. The molecule has 6 atom stereocenters. The average molecular weight is 1650 g/mol. The van der Waals surface area contributed by atoms with Crippen LogP contribution in [0.4, 0.5) is 0 Å². The second-order valence-electron chi connectivity index (χ2n) is 35.0. The molecule has 0 heterocycles. The number of carbonyl (C=O) groups excluding carboxylic acids is 4. The Hall–Kier alpha value is -1.94. The number of hydrogen-bond donors (Lipinski definition) is 3. The van der Waals surface area contributed by atoms with Crippen LogP contribution in [0.5, 0.6) is 0 Å². The third-order valence-corrected chi connectivity index (χ3v) is 24.4. The molecule has 0 aromatic heterocycles. The van der Waals surface area contributed by atoms with Crippen molar-refractivity contribution < 1.29 is 80.2 Å². The van der Waals surface area contributed by atoms with E-state index < -0.39 is 97.5 Å². The fraction of sp³-hybridized carbons (Fsp3) is 0.957. The minimum atomic E-state index is -4.97. The van der Waals surface area contributed by atoms with Crippen LogP contribution in [0.25, 0.3) is 0 Å². The molecule has 0 radical (unpaired) electrons. The maximum Gasteiger partial charge on any atom is 0.472 e. The van der Waals surface area contributed by atoms with Crippen LogP contribution in [0.3, 0.4) is 0 Å². The monoisotopic (exact) mass is 1650 g/mol. The highest BCUT2D eigenvalue weighted by Gasteiger charge is 2.31. The Kier molecular flexibility index (Phi) is 82.3. The van der Waals surface area contributed by atoms with Crippen LogP contribution >= 0.6 is 15.6 Å². The summed E-state index contributed by atoms with van der Waals surface area (Å²) in [5.74, 6) is 0.310. The Morgan fingerprint density at radius 1 is 0.257 bits per heavy atom.